The van der Waals surface area contributed by atoms with Crippen LogP contribution in [0.15, 0.2) is 119 Å². The Labute approximate surface area is 241 Å². The van der Waals surface area contributed by atoms with Gasteiger partial charge < -0.3 is 5.11 Å². The van der Waals surface area contributed by atoms with Crippen molar-refractivity contribution < 1.29 is 9.90 Å². The van der Waals surface area contributed by atoms with Gasteiger partial charge in [-0.05, 0) is 91.2 Å². The molecule has 3 heteroatoms. The van der Waals surface area contributed by atoms with Crippen LogP contribution in [-0.2, 0) is 24.1 Å². The molecule has 40 heavy (non-hydrogen) atoms. The first-order valence-electron chi connectivity index (χ1n) is 14.7. The van der Waals surface area contributed by atoms with Crippen LogP contribution in [0.25, 0.3) is 0 Å². The highest BCUT2D eigenvalue weighted by molar-refractivity contribution is 5.79. The summed E-state index contributed by atoms with van der Waals surface area (Å²) in [5, 5.41) is 8.99. The molecule has 1 aliphatic rings. The van der Waals surface area contributed by atoms with Gasteiger partial charge in [0.2, 0.25) is 0 Å². The fourth-order valence-corrected chi connectivity index (χ4v) is 5.11. The lowest BCUT2D eigenvalue weighted by atomic mass is 9.85. The van der Waals surface area contributed by atoms with Crippen LogP contribution in [-0.4, -0.2) is 30.3 Å². The predicted molar refractivity (Wildman–Crippen MR) is 170 cm³/mol. The Hall–Kier alpha value is -3.56. The van der Waals surface area contributed by atoms with E-state index in [2.05, 4.69) is 79.2 Å². The standard InChI is InChI=1S/C37H45NO2/c1-30-21-24-37(31(2)12-5-4-8-27-39)35(25-26-38-29-30)19-10-18-33-16-9-17-34(28-33)22-23-36(40)20-11-15-32-13-6-3-7-14-32/h3-9,12-14,16-17,21,24,28-29,35,39H,2,10-11,15,18-20,22-23,25-27H2,1H3/b8-4-,12-5-,30-21+,37-24-,38-29?. The first kappa shape index (κ1) is 31.0. The Morgan fingerprint density at radius 2 is 1.70 bits per heavy atom. The summed E-state index contributed by atoms with van der Waals surface area (Å²) in [5.74, 6) is 0.740. The van der Waals surface area contributed by atoms with Gasteiger partial charge in [0.25, 0.3) is 0 Å². The van der Waals surface area contributed by atoms with Crippen LogP contribution in [0.5, 0.6) is 0 Å². The Morgan fingerprint density at radius 3 is 2.50 bits per heavy atom. The van der Waals surface area contributed by atoms with Gasteiger partial charge in [-0.25, -0.2) is 0 Å². The molecule has 0 amide bonds. The van der Waals surface area contributed by atoms with Gasteiger partial charge in [0.15, 0.2) is 0 Å². The molecule has 2 aromatic carbocycles. The summed E-state index contributed by atoms with van der Waals surface area (Å²) in [6.07, 6.45) is 22.0. The minimum atomic E-state index is 0.0354. The number of Topliss-reactive ketones (excluding diaryl/α,β-unsaturated/α-hetero) is 1. The topological polar surface area (TPSA) is 49.7 Å². The monoisotopic (exact) mass is 535 g/mol. The van der Waals surface area contributed by atoms with E-state index in [4.69, 9.17) is 5.11 Å². The molecule has 1 aliphatic heterocycles. The second-order valence-corrected chi connectivity index (χ2v) is 10.6. The zero-order chi connectivity index (χ0) is 28.4. The molecular weight excluding hydrogens is 490 g/mol. The average molecular weight is 536 g/mol. The van der Waals surface area contributed by atoms with Crippen LogP contribution < -0.4 is 0 Å². The number of carbonyl (C=O) groups is 1. The highest BCUT2D eigenvalue weighted by Crippen LogP contribution is 2.29. The molecule has 0 aliphatic carbocycles. The van der Waals surface area contributed by atoms with Crippen LogP contribution in [0.2, 0.25) is 0 Å². The first-order valence-corrected chi connectivity index (χ1v) is 14.7. The smallest absolute Gasteiger partial charge is 0.133 e. The van der Waals surface area contributed by atoms with Crippen LogP contribution in [0.4, 0.5) is 0 Å². The number of allylic oxidation sites excluding steroid dienone is 8. The van der Waals surface area contributed by atoms with Gasteiger partial charge in [0, 0.05) is 25.6 Å². The fraction of sp³-hybridized carbons (Fsp3) is 0.351. The molecule has 1 atom stereocenters. The number of hydrogen-bond donors (Lipinski definition) is 1. The van der Waals surface area contributed by atoms with Crippen molar-refractivity contribution >= 4 is 12.0 Å². The molecular formula is C37H45NO2. The number of carbonyl (C=O) groups excluding carboxylic acids is 1. The minimum Gasteiger partial charge on any atom is -0.392 e. The van der Waals surface area contributed by atoms with Crippen LogP contribution in [0, 0.1) is 5.92 Å². The number of benzene rings is 2. The number of nitrogens with zero attached hydrogens (tertiary/aromatic N) is 1. The molecule has 0 saturated carbocycles. The van der Waals surface area contributed by atoms with Crippen molar-refractivity contribution in [2.45, 2.75) is 64.7 Å². The molecule has 0 bridgehead atoms. The van der Waals surface area contributed by atoms with E-state index in [1.54, 1.807) is 6.08 Å². The van der Waals surface area contributed by atoms with Crippen molar-refractivity contribution in [3.63, 3.8) is 0 Å². The maximum Gasteiger partial charge on any atom is 0.133 e. The van der Waals surface area contributed by atoms with Gasteiger partial charge in [-0.2, -0.15) is 0 Å². The molecule has 0 aromatic heterocycles. The van der Waals surface area contributed by atoms with Crippen molar-refractivity contribution in [3.8, 4) is 0 Å². The average Bonchev–Trinajstić information content (AvgIpc) is 3.05. The van der Waals surface area contributed by atoms with Crippen LogP contribution in [0.3, 0.4) is 0 Å². The van der Waals surface area contributed by atoms with E-state index in [1.165, 1.54) is 22.3 Å². The Morgan fingerprint density at radius 1 is 0.950 bits per heavy atom. The summed E-state index contributed by atoms with van der Waals surface area (Å²) in [4.78, 5) is 17.1. The molecule has 0 spiro atoms. The third-order valence-corrected chi connectivity index (χ3v) is 7.35. The molecule has 0 fully saturated rings. The van der Waals surface area contributed by atoms with E-state index >= 15 is 0 Å². The van der Waals surface area contributed by atoms with Crippen molar-refractivity contribution in [2.75, 3.05) is 13.2 Å². The predicted octanol–water partition coefficient (Wildman–Crippen LogP) is 8.16. The number of aliphatic imine (C=N–C) groups is 1. The molecule has 0 saturated heterocycles. The molecule has 1 N–H and O–H groups in total. The maximum absolute atomic E-state index is 12.5. The highest BCUT2D eigenvalue weighted by Gasteiger charge is 2.16. The van der Waals surface area contributed by atoms with Crippen molar-refractivity contribution in [1.29, 1.82) is 0 Å². The van der Waals surface area contributed by atoms with Crippen LogP contribution >= 0.6 is 0 Å². The van der Waals surface area contributed by atoms with Gasteiger partial charge in [-0.15, -0.1) is 0 Å². The van der Waals surface area contributed by atoms with E-state index in [0.717, 1.165) is 62.6 Å². The zero-order valence-electron chi connectivity index (χ0n) is 24.1. The summed E-state index contributed by atoms with van der Waals surface area (Å²) in [6.45, 7) is 7.27. The van der Waals surface area contributed by atoms with Gasteiger partial charge >= 0.3 is 0 Å². The minimum absolute atomic E-state index is 0.0354. The lowest BCUT2D eigenvalue weighted by Crippen LogP contribution is -2.08. The Kier molecular flexibility index (Phi) is 13.9. The number of aliphatic hydroxyl groups is 1. The molecule has 0 radical (unpaired) electrons. The molecule has 3 rings (SSSR count). The summed E-state index contributed by atoms with van der Waals surface area (Å²) >= 11 is 0. The number of hydrogen-bond acceptors (Lipinski definition) is 3. The van der Waals surface area contributed by atoms with E-state index in [9.17, 15) is 4.79 Å². The molecule has 2 aromatic rings. The summed E-state index contributed by atoms with van der Waals surface area (Å²) in [5.41, 5.74) is 7.30. The van der Waals surface area contributed by atoms with E-state index in [0.29, 0.717) is 24.5 Å². The molecule has 1 heterocycles. The molecule has 210 valence electrons. The summed E-state index contributed by atoms with van der Waals surface area (Å²) in [7, 11) is 0. The number of ketones is 1. The lowest BCUT2D eigenvalue weighted by Gasteiger charge is -2.20. The quantitative estimate of drug-likeness (QED) is 0.234. The second kappa shape index (κ2) is 17.9. The summed E-state index contributed by atoms with van der Waals surface area (Å²) < 4.78 is 0. The van der Waals surface area contributed by atoms with Crippen LogP contribution in [0.1, 0.15) is 62.1 Å². The number of rotatable bonds is 15. The van der Waals surface area contributed by atoms with Crippen molar-refractivity contribution in [2.24, 2.45) is 10.9 Å². The Bertz CT molecular complexity index is 1230. The fourth-order valence-electron chi connectivity index (χ4n) is 5.11. The summed E-state index contributed by atoms with van der Waals surface area (Å²) in [6, 6.07) is 19.2. The normalized spacial score (nSPS) is 18.5. The van der Waals surface area contributed by atoms with Gasteiger partial charge in [-0.3, -0.25) is 9.79 Å². The number of aliphatic hydroxyl groups excluding tert-OH is 1. The lowest BCUT2D eigenvalue weighted by molar-refractivity contribution is -0.119. The third-order valence-electron chi connectivity index (χ3n) is 7.35. The third kappa shape index (κ3) is 11.7. The van der Waals surface area contributed by atoms with E-state index in [-0.39, 0.29) is 6.61 Å². The molecule has 1 unspecified atom stereocenters. The van der Waals surface area contributed by atoms with Gasteiger partial charge in [0.1, 0.15) is 5.78 Å². The van der Waals surface area contributed by atoms with E-state index in [1.807, 2.05) is 30.5 Å². The number of aryl methyl sites for hydroxylation is 3. The van der Waals surface area contributed by atoms with Gasteiger partial charge in [0.05, 0.1) is 6.61 Å². The van der Waals surface area contributed by atoms with Crippen molar-refractivity contribution in [1.82, 2.24) is 0 Å². The maximum atomic E-state index is 12.5. The van der Waals surface area contributed by atoms with Gasteiger partial charge in [-0.1, -0.05) is 97.6 Å². The molecule has 3 nitrogen and oxygen atoms in total. The van der Waals surface area contributed by atoms with Crippen molar-refractivity contribution in [3.05, 3.63) is 131 Å². The largest absolute Gasteiger partial charge is 0.392 e. The SMILES string of the molecule is C=C(/C=C\C=C/CO)/C1=C/C=C(\C)C=NCCC1CCCc1cccc(CCC(=O)CCCc2ccccc2)c1. The highest BCUT2D eigenvalue weighted by atomic mass is 16.2. The first-order chi connectivity index (χ1) is 19.5. The zero-order valence-corrected chi connectivity index (χ0v) is 24.1. The second-order valence-electron chi connectivity index (χ2n) is 10.6. The Balaban J connectivity index is 1.51. The van der Waals surface area contributed by atoms with E-state index < -0.39 is 0 Å².